The van der Waals surface area contributed by atoms with Crippen LogP contribution >= 0.6 is 0 Å². The number of rotatable bonds is 7. The van der Waals surface area contributed by atoms with Crippen molar-refractivity contribution in [1.29, 1.82) is 0 Å². The fraction of sp³-hybridized carbons (Fsp3) is 0.333. The number of benzene rings is 1. The van der Waals surface area contributed by atoms with Gasteiger partial charge in [0.25, 0.3) is 0 Å². The van der Waals surface area contributed by atoms with Gasteiger partial charge in [-0.25, -0.2) is 4.98 Å². The molecule has 0 bridgehead atoms. The zero-order valence-electron chi connectivity index (χ0n) is 16.2. The van der Waals surface area contributed by atoms with Crippen LogP contribution in [0, 0.1) is 13.8 Å². The van der Waals surface area contributed by atoms with Crippen LogP contribution in [0.4, 0.5) is 0 Å². The van der Waals surface area contributed by atoms with Gasteiger partial charge in [0.05, 0.1) is 24.4 Å². The van der Waals surface area contributed by atoms with E-state index in [0.29, 0.717) is 23.9 Å². The molecule has 6 nitrogen and oxygen atoms in total. The predicted octanol–water partition coefficient (Wildman–Crippen LogP) is 3.51. The molecular weight excluding hydrogens is 342 g/mol. The molecule has 0 saturated carbocycles. The van der Waals surface area contributed by atoms with Gasteiger partial charge in [-0.1, -0.05) is 17.7 Å². The molecule has 0 radical (unpaired) electrons. The van der Waals surface area contributed by atoms with E-state index in [2.05, 4.69) is 10.3 Å². The second kappa shape index (κ2) is 8.22. The average molecular weight is 367 g/mol. The molecule has 0 fully saturated rings. The van der Waals surface area contributed by atoms with Gasteiger partial charge in [-0.05, 0) is 52.2 Å². The van der Waals surface area contributed by atoms with Gasteiger partial charge in [0.15, 0.2) is 0 Å². The molecule has 1 N–H and O–H groups in total. The van der Waals surface area contributed by atoms with E-state index in [0.717, 1.165) is 16.9 Å². The number of carbonyl (C=O) groups excluding carboxylic acids is 1. The maximum Gasteiger partial charge on any atom is 0.226 e. The second-order valence-electron chi connectivity index (χ2n) is 6.87. The number of nitrogens with zero attached hydrogens (tertiary/aromatic N) is 2. The van der Waals surface area contributed by atoms with Crippen molar-refractivity contribution in [2.45, 2.75) is 26.3 Å². The summed E-state index contributed by atoms with van der Waals surface area (Å²) in [5, 5.41) is 2.96. The van der Waals surface area contributed by atoms with Gasteiger partial charge in [0.1, 0.15) is 11.5 Å². The second-order valence-corrected chi connectivity index (χ2v) is 6.87. The Balaban J connectivity index is 1.64. The van der Waals surface area contributed by atoms with E-state index in [1.54, 1.807) is 6.26 Å². The molecule has 3 aromatic rings. The summed E-state index contributed by atoms with van der Waals surface area (Å²) in [6, 6.07) is 11.7. The summed E-state index contributed by atoms with van der Waals surface area (Å²) in [5.41, 5.74) is 2.70. The van der Waals surface area contributed by atoms with Crippen molar-refractivity contribution in [3.05, 3.63) is 65.4 Å². The molecule has 27 heavy (non-hydrogen) atoms. The van der Waals surface area contributed by atoms with E-state index in [1.807, 2.05) is 69.2 Å². The van der Waals surface area contributed by atoms with Crippen LogP contribution in [0.5, 0.6) is 0 Å². The van der Waals surface area contributed by atoms with Crippen molar-refractivity contribution >= 4 is 5.91 Å². The Hall–Kier alpha value is -2.86. The quantitative estimate of drug-likeness (QED) is 0.692. The Morgan fingerprint density at radius 1 is 1.22 bits per heavy atom. The highest BCUT2D eigenvalue weighted by Crippen LogP contribution is 2.23. The molecule has 2 heterocycles. The number of amides is 1. The molecule has 1 aromatic carbocycles. The van der Waals surface area contributed by atoms with Crippen molar-refractivity contribution in [2.75, 3.05) is 20.6 Å². The topological polar surface area (TPSA) is 71.5 Å². The SMILES string of the molecule is Cc1cccc(-c2nc(CC(=O)NCC(c3ccco3)N(C)C)c(C)o2)c1. The minimum atomic E-state index is -0.0967. The summed E-state index contributed by atoms with van der Waals surface area (Å²) in [7, 11) is 3.91. The highest BCUT2D eigenvalue weighted by Gasteiger charge is 2.19. The molecular formula is C21H25N3O3. The van der Waals surface area contributed by atoms with E-state index in [4.69, 9.17) is 8.83 Å². The number of aryl methyl sites for hydroxylation is 2. The number of carbonyl (C=O) groups is 1. The molecule has 1 unspecified atom stereocenters. The van der Waals surface area contributed by atoms with Crippen molar-refractivity contribution in [3.8, 4) is 11.5 Å². The molecule has 0 saturated heterocycles. The molecule has 0 aliphatic heterocycles. The average Bonchev–Trinajstić information content (AvgIpc) is 3.26. The van der Waals surface area contributed by atoms with Crippen molar-refractivity contribution in [3.63, 3.8) is 0 Å². The van der Waals surface area contributed by atoms with Gasteiger partial charge in [0.2, 0.25) is 11.8 Å². The molecule has 0 aliphatic rings. The largest absolute Gasteiger partial charge is 0.468 e. The molecule has 6 heteroatoms. The standard InChI is InChI=1S/C21H25N3O3/c1-14-7-5-8-16(11-14)21-23-17(15(2)27-21)12-20(25)22-13-18(24(3)4)19-9-6-10-26-19/h5-11,18H,12-13H2,1-4H3,(H,22,25). The third kappa shape index (κ3) is 4.65. The minimum absolute atomic E-state index is 0.0230. The van der Waals surface area contributed by atoms with Crippen LogP contribution in [0.3, 0.4) is 0 Å². The number of hydrogen-bond donors (Lipinski definition) is 1. The lowest BCUT2D eigenvalue weighted by Gasteiger charge is -2.22. The summed E-state index contributed by atoms with van der Waals surface area (Å²) in [6.07, 6.45) is 1.82. The van der Waals surface area contributed by atoms with E-state index in [9.17, 15) is 4.79 Å². The van der Waals surface area contributed by atoms with Crippen LogP contribution in [0.25, 0.3) is 11.5 Å². The summed E-state index contributed by atoms with van der Waals surface area (Å²) < 4.78 is 11.2. The Kier molecular flexibility index (Phi) is 5.76. The molecule has 3 rings (SSSR count). The highest BCUT2D eigenvalue weighted by molar-refractivity contribution is 5.78. The highest BCUT2D eigenvalue weighted by atomic mass is 16.4. The number of likely N-dealkylation sites (N-methyl/N-ethyl adjacent to an activating group) is 1. The number of oxazole rings is 1. The van der Waals surface area contributed by atoms with Crippen LogP contribution < -0.4 is 5.32 Å². The lowest BCUT2D eigenvalue weighted by molar-refractivity contribution is -0.120. The Labute approximate surface area is 159 Å². The van der Waals surface area contributed by atoms with Gasteiger partial charge in [0, 0.05) is 12.1 Å². The van der Waals surface area contributed by atoms with Gasteiger partial charge in [-0.3, -0.25) is 9.69 Å². The summed E-state index contributed by atoms with van der Waals surface area (Å²) in [6.45, 7) is 4.31. The molecule has 1 atom stereocenters. The fourth-order valence-electron chi connectivity index (χ4n) is 2.94. The third-order valence-corrected chi connectivity index (χ3v) is 4.47. The summed E-state index contributed by atoms with van der Waals surface area (Å²) in [4.78, 5) is 18.9. The first-order valence-electron chi connectivity index (χ1n) is 8.94. The predicted molar refractivity (Wildman–Crippen MR) is 103 cm³/mol. The molecule has 0 spiro atoms. The Bertz CT molecular complexity index is 897. The first-order chi connectivity index (χ1) is 12.9. The van der Waals surface area contributed by atoms with Crippen molar-refractivity contribution in [1.82, 2.24) is 15.2 Å². The zero-order valence-corrected chi connectivity index (χ0v) is 16.2. The maximum atomic E-state index is 12.4. The van der Waals surface area contributed by atoms with Crippen LogP contribution in [-0.4, -0.2) is 36.4 Å². The maximum absolute atomic E-state index is 12.4. The van der Waals surface area contributed by atoms with Gasteiger partial charge in [-0.2, -0.15) is 0 Å². The minimum Gasteiger partial charge on any atom is -0.468 e. The number of hydrogen-bond acceptors (Lipinski definition) is 5. The first-order valence-corrected chi connectivity index (χ1v) is 8.94. The first kappa shape index (κ1) is 18.9. The smallest absolute Gasteiger partial charge is 0.226 e. The van der Waals surface area contributed by atoms with E-state index < -0.39 is 0 Å². The Morgan fingerprint density at radius 3 is 2.70 bits per heavy atom. The van der Waals surface area contributed by atoms with Crippen LogP contribution in [0.15, 0.2) is 51.5 Å². The van der Waals surface area contributed by atoms with Crippen molar-refractivity contribution in [2.24, 2.45) is 0 Å². The molecule has 142 valence electrons. The summed E-state index contributed by atoms with van der Waals surface area (Å²) in [5.74, 6) is 1.93. The third-order valence-electron chi connectivity index (χ3n) is 4.47. The number of furan rings is 1. The lowest BCUT2D eigenvalue weighted by atomic mass is 10.1. The number of aromatic nitrogens is 1. The fourth-order valence-corrected chi connectivity index (χ4v) is 2.94. The molecule has 2 aromatic heterocycles. The van der Waals surface area contributed by atoms with Crippen LogP contribution in [0.2, 0.25) is 0 Å². The van der Waals surface area contributed by atoms with Gasteiger partial charge < -0.3 is 14.2 Å². The summed E-state index contributed by atoms with van der Waals surface area (Å²) >= 11 is 0. The van der Waals surface area contributed by atoms with Gasteiger partial charge in [-0.15, -0.1) is 0 Å². The van der Waals surface area contributed by atoms with Crippen LogP contribution in [0.1, 0.15) is 28.8 Å². The molecule has 1 amide bonds. The zero-order chi connectivity index (χ0) is 19.4. The monoisotopic (exact) mass is 367 g/mol. The van der Waals surface area contributed by atoms with Crippen molar-refractivity contribution < 1.29 is 13.6 Å². The number of nitrogens with one attached hydrogen (secondary N) is 1. The van der Waals surface area contributed by atoms with Crippen LogP contribution in [-0.2, 0) is 11.2 Å². The lowest BCUT2D eigenvalue weighted by Crippen LogP contribution is -2.35. The molecule has 0 aliphatic carbocycles. The van der Waals surface area contributed by atoms with E-state index >= 15 is 0 Å². The van der Waals surface area contributed by atoms with Gasteiger partial charge >= 0.3 is 0 Å². The van der Waals surface area contributed by atoms with E-state index in [1.165, 1.54) is 0 Å². The van der Waals surface area contributed by atoms with E-state index in [-0.39, 0.29) is 18.4 Å². The Morgan fingerprint density at radius 2 is 2.04 bits per heavy atom. The normalized spacial score (nSPS) is 12.3.